The van der Waals surface area contributed by atoms with Crippen LogP contribution in [-0.4, -0.2) is 30.2 Å². The minimum absolute atomic E-state index is 0.432. The molecule has 0 aliphatic heterocycles. The molecule has 1 aromatic rings. The van der Waals surface area contributed by atoms with Crippen LogP contribution in [0.25, 0.3) is 0 Å². The number of ether oxygens (including phenoxy) is 1. The van der Waals surface area contributed by atoms with Crippen LogP contribution in [0.4, 0.5) is 5.95 Å². The number of nitrogens with one attached hydrogen (secondary N) is 1. The molecule has 16 heavy (non-hydrogen) atoms. The maximum atomic E-state index is 4.98. The van der Waals surface area contributed by atoms with Crippen molar-refractivity contribution in [1.29, 1.82) is 0 Å². The average molecular weight is 223 g/mol. The van der Waals surface area contributed by atoms with E-state index in [9.17, 15) is 0 Å². The van der Waals surface area contributed by atoms with E-state index in [2.05, 4.69) is 29.1 Å². The van der Waals surface area contributed by atoms with Crippen LogP contribution in [0.1, 0.15) is 37.6 Å². The third-order valence-electron chi connectivity index (χ3n) is 2.27. The van der Waals surface area contributed by atoms with Gasteiger partial charge < -0.3 is 10.1 Å². The second-order valence-electron chi connectivity index (χ2n) is 4.19. The van der Waals surface area contributed by atoms with Crippen LogP contribution in [0, 0.1) is 6.92 Å². The van der Waals surface area contributed by atoms with Gasteiger partial charge in [0.05, 0.1) is 0 Å². The first kappa shape index (κ1) is 12.9. The molecule has 90 valence electrons. The van der Waals surface area contributed by atoms with Crippen molar-refractivity contribution >= 4 is 5.95 Å². The molecule has 0 atom stereocenters. The second kappa shape index (κ2) is 6.43. The Bertz CT molecular complexity index is 326. The van der Waals surface area contributed by atoms with Crippen LogP contribution < -0.4 is 5.32 Å². The lowest BCUT2D eigenvalue weighted by Crippen LogP contribution is -2.09. The van der Waals surface area contributed by atoms with Crippen molar-refractivity contribution in [2.24, 2.45) is 0 Å². The van der Waals surface area contributed by atoms with Gasteiger partial charge in [0.1, 0.15) is 0 Å². The molecule has 0 radical (unpaired) electrons. The van der Waals surface area contributed by atoms with Crippen molar-refractivity contribution < 1.29 is 4.74 Å². The molecule has 0 aromatic carbocycles. The molecule has 0 unspecified atom stereocenters. The minimum Gasteiger partial charge on any atom is -0.385 e. The number of methoxy groups -OCH3 is 1. The molecule has 1 heterocycles. The van der Waals surface area contributed by atoms with Gasteiger partial charge >= 0.3 is 0 Å². The molecule has 0 aliphatic rings. The van der Waals surface area contributed by atoms with Crippen LogP contribution in [0.3, 0.4) is 0 Å². The van der Waals surface area contributed by atoms with Gasteiger partial charge in [-0.1, -0.05) is 13.8 Å². The van der Waals surface area contributed by atoms with E-state index in [1.54, 1.807) is 7.11 Å². The van der Waals surface area contributed by atoms with E-state index in [0.717, 1.165) is 36.9 Å². The van der Waals surface area contributed by atoms with Crippen molar-refractivity contribution in [3.8, 4) is 0 Å². The zero-order valence-corrected chi connectivity index (χ0v) is 10.6. The molecule has 0 saturated heterocycles. The lowest BCUT2D eigenvalue weighted by Gasteiger charge is -2.09. The molecule has 0 amide bonds. The predicted octanol–water partition coefficient (Wildman–Crippen LogP) is 2.36. The quantitative estimate of drug-likeness (QED) is 0.752. The summed E-state index contributed by atoms with van der Waals surface area (Å²) in [5, 5.41) is 3.21. The largest absolute Gasteiger partial charge is 0.385 e. The summed E-state index contributed by atoms with van der Waals surface area (Å²) >= 11 is 0. The molecular weight excluding hydrogens is 202 g/mol. The van der Waals surface area contributed by atoms with Crippen LogP contribution >= 0.6 is 0 Å². The normalized spacial score (nSPS) is 10.8. The smallest absolute Gasteiger partial charge is 0.223 e. The highest BCUT2D eigenvalue weighted by atomic mass is 16.5. The summed E-state index contributed by atoms with van der Waals surface area (Å²) < 4.78 is 4.98. The summed E-state index contributed by atoms with van der Waals surface area (Å²) in [6.07, 6.45) is 0.963. The van der Waals surface area contributed by atoms with Crippen molar-refractivity contribution in [2.45, 2.75) is 33.1 Å². The third kappa shape index (κ3) is 4.14. The second-order valence-corrected chi connectivity index (χ2v) is 4.19. The standard InChI is InChI=1S/C12H21N3O/c1-9(2)11-8-10(3)14-12(15-11)13-6-5-7-16-4/h8-9H,5-7H2,1-4H3,(H,13,14,15). The topological polar surface area (TPSA) is 47.0 Å². The minimum atomic E-state index is 0.432. The molecule has 1 aromatic heterocycles. The molecule has 0 saturated carbocycles. The molecule has 1 rings (SSSR count). The first-order chi connectivity index (χ1) is 7.63. The fraction of sp³-hybridized carbons (Fsp3) is 0.667. The Morgan fingerprint density at radius 1 is 1.38 bits per heavy atom. The number of rotatable bonds is 6. The molecule has 4 nitrogen and oxygen atoms in total. The summed E-state index contributed by atoms with van der Waals surface area (Å²) in [5.74, 6) is 1.15. The SMILES string of the molecule is COCCCNc1nc(C)cc(C(C)C)n1. The lowest BCUT2D eigenvalue weighted by atomic mass is 10.1. The summed E-state index contributed by atoms with van der Waals surface area (Å²) in [6.45, 7) is 7.87. The van der Waals surface area contributed by atoms with Crippen LogP contribution in [0.5, 0.6) is 0 Å². The van der Waals surface area contributed by atoms with Gasteiger partial charge in [0.2, 0.25) is 5.95 Å². The molecule has 4 heteroatoms. The number of anilines is 1. The summed E-state index contributed by atoms with van der Waals surface area (Å²) in [5.41, 5.74) is 2.09. The zero-order valence-electron chi connectivity index (χ0n) is 10.6. The van der Waals surface area contributed by atoms with Crippen LogP contribution in [0.2, 0.25) is 0 Å². The Hall–Kier alpha value is -1.16. The Morgan fingerprint density at radius 3 is 2.75 bits per heavy atom. The van der Waals surface area contributed by atoms with E-state index in [1.165, 1.54) is 0 Å². The highest BCUT2D eigenvalue weighted by Gasteiger charge is 2.04. The lowest BCUT2D eigenvalue weighted by molar-refractivity contribution is 0.197. The molecule has 0 aliphatic carbocycles. The summed E-state index contributed by atoms with van der Waals surface area (Å²) in [4.78, 5) is 8.82. The van der Waals surface area contributed by atoms with Gasteiger partial charge in [-0.2, -0.15) is 0 Å². The maximum Gasteiger partial charge on any atom is 0.223 e. The van der Waals surface area contributed by atoms with E-state index in [0.29, 0.717) is 5.92 Å². The van der Waals surface area contributed by atoms with Crippen molar-refractivity contribution in [2.75, 3.05) is 25.6 Å². The summed E-state index contributed by atoms with van der Waals surface area (Å²) in [6, 6.07) is 2.03. The average Bonchev–Trinajstić information content (AvgIpc) is 2.23. The van der Waals surface area contributed by atoms with E-state index in [1.807, 2.05) is 13.0 Å². The molecule has 1 N–H and O–H groups in total. The van der Waals surface area contributed by atoms with E-state index in [4.69, 9.17) is 4.74 Å². The Morgan fingerprint density at radius 2 is 2.12 bits per heavy atom. The Balaban J connectivity index is 2.58. The molecule has 0 fully saturated rings. The van der Waals surface area contributed by atoms with E-state index < -0.39 is 0 Å². The van der Waals surface area contributed by atoms with Gasteiger partial charge in [-0.3, -0.25) is 0 Å². The fourth-order valence-corrected chi connectivity index (χ4v) is 1.38. The number of aromatic nitrogens is 2. The fourth-order valence-electron chi connectivity index (χ4n) is 1.38. The van der Waals surface area contributed by atoms with Crippen molar-refractivity contribution in [3.05, 3.63) is 17.5 Å². The van der Waals surface area contributed by atoms with Gasteiger partial charge in [-0.25, -0.2) is 9.97 Å². The first-order valence-electron chi connectivity index (χ1n) is 5.72. The first-order valence-corrected chi connectivity index (χ1v) is 5.72. The Labute approximate surface area is 97.5 Å². The third-order valence-corrected chi connectivity index (χ3v) is 2.27. The van der Waals surface area contributed by atoms with Gasteiger partial charge in [0, 0.05) is 31.6 Å². The molecule has 0 spiro atoms. The summed E-state index contributed by atoms with van der Waals surface area (Å²) in [7, 11) is 1.71. The number of aryl methyl sites for hydroxylation is 1. The number of nitrogens with zero attached hydrogens (tertiary/aromatic N) is 2. The zero-order chi connectivity index (χ0) is 12.0. The monoisotopic (exact) mass is 223 g/mol. The van der Waals surface area contributed by atoms with E-state index >= 15 is 0 Å². The van der Waals surface area contributed by atoms with Gasteiger partial charge in [0.15, 0.2) is 0 Å². The Kier molecular flexibility index (Phi) is 5.19. The number of hydrogen-bond acceptors (Lipinski definition) is 4. The molecule has 0 bridgehead atoms. The predicted molar refractivity (Wildman–Crippen MR) is 65.8 cm³/mol. The van der Waals surface area contributed by atoms with Gasteiger partial charge in [-0.15, -0.1) is 0 Å². The van der Waals surface area contributed by atoms with Crippen molar-refractivity contribution in [3.63, 3.8) is 0 Å². The van der Waals surface area contributed by atoms with Crippen LogP contribution in [-0.2, 0) is 4.74 Å². The van der Waals surface area contributed by atoms with Crippen LogP contribution in [0.15, 0.2) is 6.07 Å². The number of hydrogen-bond donors (Lipinski definition) is 1. The van der Waals surface area contributed by atoms with Gasteiger partial charge in [0.25, 0.3) is 0 Å². The molecular formula is C12H21N3O. The van der Waals surface area contributed by atoms with Gasteiger partial charge in [-0.05, 0) is 25.3 Å². The highest BCUT2D eigenvalue weighted by Crippen LogP contribution is 2.14. The van der Waals surface area contributed by atoms with Crippen molar-refractivity contribution in [1.82, 2.24) is 9.97 Å². The van der Waals surface area contributed by atoms with E-state index in [-0.39, 0.29) is 0 Å². The maximum absolute atomic E-state index is 4.98. The highest BCUT2D eigenvalue weighted by molar-refractivity contribution is 5.28.